The molecule has 11 atom stereocenters. The van der Waals surface area contributed by atoms with E-state index in [0.29, 0.717) is 23.8 Å². The SMILES string of the molecule is C=C(/C=C\C(=C/C)C12CC3(C(=O)NC4CCC(N)CC4)C[C@](CCC)(C1)C[C@@](c1ccccc1)(C3)C2)[C@]12CC3CC(C(=O)NC4CC5CNC4C5)(C[C@](CCC)(C3)C1)C2. The van der Waals surface area contributed by atoms with Crippen LogP contribution in [0.2, 0.25) is 0 Å². The van der Waals surface area contributed by atoms with Crippen LogP contribution in [0.3, 0.4) is 0 Å². The van der Waals surface area contributed by atoms with Crippen molar-refractivity contribution in [2.45, 2.75) is 192 Å². The number of rotatable bonds is 13. The number of nitrogens with two attached hydrogens (primary N) is 1. The quantitative estimate of drug-likeness (QED) is 0.149. The molecule has 11 fully saturated rings. The third kappa shape index (κ3) is 6.60. The van der Waals surface area contributed by atoms with Crippen molar-refractivity contribution in [2.24, 2.45) is 50.1 Å². The Kier molecular flexibility index (Phi) is 9.88. The van der Waals surface area contributed by atoms with E-state index in [9.17, 15) is 4.79 Å². The lowest BCUT2D eigenvalue weighted by molar-refractivity contribution is -0.179. The van der Waals surface area contributed by atoms with Gasteiger partial charge in [0.25, 0.3) is 0 Å². The number of amides is 2. The van der Waals surface area contributed by atoms with Gasteiger partial charge in [-0.1, -0.05) is 81.8 Å². The summed E-state index contributed by atoms with van der Waals surface area (Å²) >= 11 is 0. The number of hydrogen-bond acceptors (Lipinski definition) is 4. The van der Waals surface area contributed by atoms with Crippen LogP contribution in [0.5, 0.6) is 0 Å². The molecule has 5 N–H and O–H groups in total. The molecule has 10 saturated carbocycles. The largest absolute Gasteiger partial charge is 0.353 e. The zero-order valence-electron chi connectivity index (χ0n) is 36.9. The normalized spacial score (nSPS) is 46.6. The van der Waals surface area contributed by atoms with Gasteiger partial charge in [-0.3, -0.25) is 9.59 Å². The Hall–Kier alpha value is -2.70. The minimum atomic E-state index is -0.390. The highest BCUT2D eigenvalue weighted by molar-refractivity contribution is 5.85. The molecule has 0 spiro atoms. The van der Waals surface area contributed by atoms with Gasteiger partial charge in [-0.2, -0.15) is 0 Å². The maximum atomic E-state index is 15.1. The van der Waals surface area contributed by atoms with Crippen LogP contribution in [0.25, 0.3) is 0 Å². The van der Waals surface area contributed by atoms with Gasteiger partial charge in [-0.25, -0.2) is 0 Å². The van der Waals surface area contributed by atoms with Crippen LogP contribution in [0.4, 0.5) is 0 Å². The van der Waals surface area contributed by atoms with E-state index < -0.39 is 0 Å². The number of piperidine rings is 1. The Morgan fingerprint density at radius 1 is 0.746 bits per heavy atom. The number of hydrogen-bond donors (Lipinski definition) is 4. The molecule has 1 aromatic carbocycles. The minimum Gasteiger partial charge on any atom is -0.353 e. The Morgan fingerprint density at radius 2 is 1.41 bits per heavy atom. The van der Waals surface area contributed by atoms with Crippen molar-refractivity contribution in [1.82, 2.24) is 16.0 Å². The van der Waals surface area contributed by atoms with Crippen LogP contribution in [-0.4, -0.2) is 42.5 Å². The van der Waals surface area contributed by atoms with Gasteiger partial charge in [0.2, 0.25) is 11.8 Å². The van der Waals surface area contributed by atoms with Crippen LogP contribution in [0.1, 0.15) is 168 Å². The topological polar surface area (TPSA) is 96.2 Å². The number of fused-ring (bicyclic) bond motifs is 2. The second-order valence-electron chi connectivity index (χ2n) is 23.5. The fraction of sp³-hybridized carbons (Fsp3) is 0.736. The third-order valence-corrected chi connectivity index (χ3v) is 19.1. The fourth-order valence-electron chi connectivity index (χ4n) is 18.2. The molecule has 12 rings (SSSR count). The van der Waals surface area contributed by atoms with Crippen molar-refractivity contribution in [3.63, 3.8) is 0 Å². The number of carbonyl (C=O) groups is 2. The average Bonchev–Trinajstić information content (AvgIpc) is 3.82. The first-order valence-electron chi connectivity index (χ1n) is 24.5. The molecule has 0 radical (unpaired) electrons. The first-order valence-corrected chi connectivity index (χ1v) is 24.5. The highest BCUT2D eigenvalue weighted by Gasteiger charge is 2.71. The predicted octanol–water partition coefficient (Wildman–Crippen LogP) is 10.1. The van der Waals surface area contributed by atoms with Crippen LogP contribution in [0, 0.1) is 44.3 Å². The Bertz CT molecular complexity index is 1900. The zero-order valence-corrected chi connectivity index (χ0v) is 36.9. The molecule has 320 valence electrons. The first-order chi connectivity index (χ1) is 28.3. The van der Waals surface area contributed by atoms with E-state index in [-0.39, 0.29) is 56.0 Å². The molecule has 10 bridgehead atoms. The highest BCUT2D eigenvalue weighted by Crippen LogP contribution is 2.77. The van der Waals surface area contributed by atoms with Gasteiger partial charge in [-0.05, 0) is 198 Å². The maximum Gasteiger partial charge on any atom is 0.226 e. The molecule has 2 amide bonds. The molecule has 7 unspecified atom stereocenters. The molecule has 1 aromatic rings. The van der Waals surface area contributed by atoms with Crippen LogP contribution in [-0.2, 0) is 15.0 Å². The minimum absolute atomic E-state index is 0.0307. The second kappa shape index (κ2) is 14.4. The van der Waals surface area contributed by atoms with Gasteiger partial charge >= 0.3 is 0 Å². The summed E-state index contributed by atoms with van der Waals surface area (Å²) in [7, 11) is 0. The number of benzene rings is 1. The summed E-state index contributed by atoms with van der Waals surface area (Å²) in [6, 6.07) is 12.6. The van der Waals surface area contributed by atoms with Gasteiger partial charge in [-0.15, -0.1) is 0 Å². The van der Waals surface area contributed by atoms with Crippen LogP contribution in [0.15, 0.2) is 66.3 Å². The van der Waals surface area contributed by atoms with Gasteiger partial charge < -0.3 is 21.7 Å². The molecule has 1 aliphatic heterocycles. The number of nitrogens with one attached hydrogen (secondary N) is 3. The summed E-state index contributed by atoms with van der Waals surface area (Å²) in [5, 5.41) is 11.1. The molecule has 1 heterocycles. The summed E-state index contributed by atoms with van der Waals surface area (Å²) in [5.74, 6) is 2.00. The van der Waals surface area contributed by atoms with Gasteiger partial charge in [0.05, 0.1) is 10.8 Å². The zero-order chi connectivity index (χ0) is 40.9. The van der Waals surface area contributed by atoms with E-state index in [0.717, 1.165) is 95.9 Å². The van der Waals surface area contributed by atoms with Crippen molar-refractivity contribution in [3.05, 3.63) is 71.8 Å². The van der Waals surface area contributed by atoms with Crippen molar-refractivity contribution in [2.75, 3.05) is 6.54 Å². The Balaban J connectivity index is 0.977. The fourth-order valence-corrected chi connectivity index (χ4v) is 18.2. The summed E-state index contributed by atoms with van der Waals surface area (Å²) in [4.78, 5) is 29.9. The monoisotopic (exact) mass is 801 g/mol. The Morgan fingerprint density at radius 3 is 2.12 bits per heavy atom. The van der Waals surface area contributed by atoms with Gasteiger partial charge in [0, 0.05) is 24.2 Å². The van der Waals surface area contributed by atoms with E-state index in [1.54, 1.807) is 0 Å². The third-order valence-electron chi connectivity index (χ3n) is 19.1. The molecule has 6 nitrogen and oxygen atoms in total. The van der Waals surface area contributed by atoms with Crippen molar-refractivity contribution < 1.29 is 9.59 Å². The second-order valence-corrected chi connectivity index (χ2v) is 23.5. The maximum absolute atomic E-state index is 15.1. The van der Waals surface area contributed by atoms with E-state index in [1.807, 2.05) is 0 Å². The molecular weight excluding hydrogens is 725 g/mol. The van der Waals surface area contributed by atoms with E-state index in [2.05, 4.69) is 85.3 Å². The summed E-state index contributed by atoms with van der Waals surface area (Å²) in [6.45, 7) is 13.1. The lowest BCUT2D eigenvalue weighted by atomic mass is 9.33. The predicted molar refractivity (Wildman–Crippen MR) is 238 cm³/mol. The average molecular weight is 801 g/mol. The van der Waals surface area contributed by atoms with Gasteiger partial charge in [0.1, 0.15) is 0 Å². The number of carbonyl (C=O) groups excluding carboxylic acids is 2. The molecule has 59 heavy (non-hydrogen) atoms. The van der Waals surface area contributed by atoms with Crippen LogP contribution >= 0.6 is 0 Å². The molecular formula is C53H76N4O2. The summed E-state index contributed by atoms with van der Waals surface area (Å²) in [6.07, 6.45) is 31.5. The van der Waals surface area contributed by atoms with Crippen molar-refractivity contribution >= 4 is 11.8 Å². The van der Waals surface area contributed by atoms with E-state index in [1.165, 1.54) is 74.5 Å². The van der Waals surface area contributed by atoms with Gasteiger partial charge in [0.15, 0.2) is 0 Å². The van der Waals surface area contributed by atoms with Crippen LogP contribution < -0.4 is 21.7 Å². The smallest absolute Gasteiger partial charge is 0.226 e. The van der Waals surface area contributed by atoms with E-state index in [4.69, 9.17) is 12.3 Å². The number of allylic oxidation sites excluding steroid dienone is 5. The van der Waals surface area contributed by atoms with E-state index >= 15 is 4.79 Å². The Labute approximate surface area is 356 Å². The van der Waals surface area contributed by atoms with Crippen molar-refractivity contribution in [1.29, 1.82) is 0 Å². The molecule has 1 saturated heterocycles. The molecule has 0 aromatic heterocycles. The lowest BCUT2D eigenvalue weighted by Gasteiger charge is -2.71. The summed E-state index contributed by atoms with van der Waals surface area (Å²) in [5.41, 5.74) is 9.99. The summed E-state index contributed by atoms with van der Waals surface area (Å²) < 4.78 is 0. The highest BCUT2D eigenvalue weighted by atomic mass is 16.2. The lowest BCUT2D eigenvalue weighted by Crippen LogP contribution is -2.67. The van der Waals surface area contributed by atoms with Crippen molar-refractivity contribution in [3.8, 4) is 0 Å². The molecule has 6 heteroatoms. The molecule has 10 aliphatic carbocycles. The first kappa shape index (κ1) is 40.4. The molecule has 11 aliphatic rings. The standard InChI is InChI=1S/C53H76N4O2/c1-5-19-47-23-38-24-49(27-47,32-50(25-38,28-47)45(58)57-44-22-37-21-43(44)55-26-37)36(4)13-14-39(7-3)51-29-48(20-6-2)30-52(33-51,40-11-9-8-10-12-40)35-53(31-48,34-51)46(59)56-42-17-15-41(54)16-18-42/h7-14,37-38,41-44,55H,4-6,15-35,54H2,1-3H3,(H,56,59)(H,57,58)/b14-13-,39-7+/t37?,38?,41?,42?,43?,44?,47-,48-,49-,50?,51?,52+,53?/m1/s1.